The van der Waals surface area contributed by atoms with Crippen molar-refractivity contribution < 1.29 is 0 Å². The van der Waals surface area contributed by atoms with Crippen molar-refractivity contribution in [2.75, 3.05) is 4.90 Å². The van der Waals surface area contributed by atoms with Gasteiger partial charge in [0, 0.05) is 17.3 Å². The van der Waals surface area contributed by atoms with Gasteiger partial charge in [0.15, 0.2) is 8.07 Å². The van der Waals surface area contributed by atoms with Crippen LogP contribution in [-0.2, 0) is 0 Å². The number of allylic oxidation sites excluding steroid dienone is 2. The van der Waals surface area contributed by atoms with Gasteiger partial charge in [-0.1, -0.05) is 195 Å². The third-order valence-corrected chi connectivity index (χ3v) is 20.4. The molecule has 1 aliphatic carbocycles. The second kappa shape index (κ2) is 12.4. The van der Waals surface area contributed by atoms with Crippen LogP contribution in [0.2, 0.25) is 13.1 Å². The van der Waals surface area contributed by atoms with Crippen LogP contribution in [0, 0.1) is 0 Å². The quantitative estimate of drug-likeness (QED) is 0.124. The zero-order valence-electron chi connectivity index (χ0n) is 30.2. The van der Waals surface area contributed by atoms with E-state index < -0.39 is 16.1 Å². The molecule has 7 aromatic carbocycles. The number of rotatable bonds is 6. The van der Waals surface area contributed by atoms with Crippen molar-refractivity contribution in [1.29, 1.82) is 0 Å². The van der Waals surface area contributed by atoms with Crippen LogP contribution < -0.4 is 36.0 Å². The van der Waals surface area contributed by atoms with Gasteiger partial charge in [0.2, 0.25) is 0 Å². The van der Waals surface area contributed by atoms with Gasteiger partial charge in [-0.25, -0.2) is 0 Å². The van der Waals surface area contributed by atoms with Gasteiger partial charge in [-0.3, -0.25) is 0 Å². The maximum Gasteiger partial charge on any atom is 0.179 e. The lowest BCUT2D eigenvalue weighted by atomic mass is 9.91. The topological polar surface area (TPSA) is 3.24 Å². The molecule has 0 spiro atoms. The molecule has 2 atom stereocenters. The molecule has 254 valence electrons. The second-order valence-electron chi connectivity index (χ2n) is 15.3. The van der Waals surface area contributed by atoms with E-state index in [2.05, 4.69) is 218 Å². The van der Waals surface area contributed by atoms with Gasteiger partial charge in [-0.2, -0.15) is 0 Å². The van der Waals surface area contributed by atoms with Crippen LogP contribution in [0.4, 0.5) is 11.4 Å². The van der Waals surface area contributed by atoms with Crippen LogP contribution in [0.5, 0.6) is 0 Å². The Bertz CT molecular complexity index is 2510. The molecule has 0 amide bonds. The molecule has 0 aromatic heterocycles. The SMILES string of the molecule is C[Si]1(C)c2ccccc2-c2ccc(-c3cccc([Si](c4ccccc4)(c4ccccc4)c4ccc5c(c4)N(c4ccccc4)C4C=CC=CC54)c3)cc21. The van der Waals surface area contributed by atoms with Crippen molar-refractivity contribution in [3.8, 4) is 22.3 Å². The highest BCUT2D eigenvalue weighted by atomic mass is 28.3. The molecule has 0 saturated heterocycles. The van der Waals surface area contributed by atoms with Crippen molar-refractivity contribution in [2.24, 2.45) is 0 Å². The summed E-state index contributed by atoms with van der Waals surface area (Å²) in [6, 6.07) is 67.3. The Morgan fingerprint density at radius 1 is 0.472 bits per heavy atom. The Morgan fingerprint density at radius 2 is 1.08 bits per heavy atom. The highest BCUT2D eigenvalue weighted by Crippen LogP contribution is 2.47. The third-order valence-electron chi connectivity index (χ3n) is 12.1. The minimum atomic E-state index is -2.84. The molecule has 7 aromatic rings. The van der Waals surface area contributed by atoms with Crippen molar-refractivity contribution in [3.05, 3.63) is 206 Å². The molecule has 1 nitrogen and oxygen atoms in total. The van der Waals surface area contributed by atoms with E-state index in [1.807, 2.05) is 0 Å². The number of hydrogen-bond acceptors (Lipinski definition) is 1. The Morgan fingerprint density at radius 3 is 1.83 bits per heavy atom. The van der Waals surface area contributed by atoms with E-state index in [1.54, 1.807) is 10.4 Å². The van der Waals surface area contributed by atoms with Gasteiger partial charge in [0.05, 0.1) is 6.04 Å². The van der Waals surface area contributed by atoms with E-state index in [9.17, 15) is 0 Å². The number of para-hydroxylation sites is 1. The zero-order chi connectivity index (χ0) is 35.6. The van der Waals surface area contributed by atoms with Gasteiger partial charge in [0.1, 0.15) is 8.07 Å². The highest BCUT2D eigenvalue weighted by Gasteiger charge is 2.45. The summed E-state index contributed by atoms with van der Waals surface area (Å²) >= 11 is 0. The summed E-state index contributed by atoms with van der Waals surface area (Å²) < 4.78 is 0. The average Bonchev–Trinajstić information content (AvgIpc) is 3.67. The number of hydrogen-bond donors (Lipinski definition) is 0. The van der Waals surface area contributed by atoms with Crippen LogP contribution in [0.3, 0.4) is 0 Å². The molecule has 3 heteroatoms. The van der Waals surface area contributed by atoms with E-state index in [0.29, 0.717) is 5.92 Å². The first-order valence-electron chi connectivity index (χ1n) is 18.9. The van der Waals surface area contributed by atoms with Crippen LogP contribution in [0.1, 0.15) is 11.5 Å². The largest absolute Gasteiger partial charge is 0.333 e. The standard InChI is InChI=1S/C50H41NSi2/c1-52(2)49-28-15-13-26-45(49)46-31-29-37(34-50(46)52)36-17-16-24-41(33-36)53(39-20-8-4-9-21-39,40-22-10-5-11-23-40)42-30-32-44-43-25-12-14-27-47(43)51(48(44)35-42)38-18-6-3-7-19-38/h3-35,43,47H,1-2H3. The van der Waals surface area contributed by atoms with E-state index in [0.717, 1.165) is 0 Å². The Hall–Kier alpha value is -5.75. The summed E-state index contributed by atoms with van der Waals surface area (Å²) in [5, 5.41) is 8.67. The summed E-state index contributed by atoms with van der Waals surface area (Å²) in [7, 11) is -4.66. The van der Waals surface area contributed by atoms with Gasteiger partial charge < -0.3 is 4.90 Å². The van der Waals surface area contributed by atoms with Crippen molar-refractivity contribution >= 4 is 58.6 Å². The first-order valence-corrected chi connectivity index (χ1v) is 23.9. The molecule has 0 saturated carbocycles. The molecular formula is C50H41NSi2. The fraction of sp³-hybridized carbons (Fsp3) is 0.0800. The lowest BCUT2D eigenvalue weighted by molar-refractivity contribution is 0.745. The average molecular weight is 712 g/mol. The predicted octanol–water partition coefficient (Wildman–Crippen LogP) is 8.26. The van der Waals surface area contributed by atoms with Gasteiger partial charge in [-0.15, -0.1) is 0 Å². The molecule has 0 radical (unpaired) electrons. The summed E-state index contributed by atoms with van der Waals surface area (Å²) in [4.78, 5) is 2.57. The molecule has 0 N–H and O–H groups in total. The fourth-order valence-corrected chi connectivity index (χ4v) is 17.5. The Kier molecular flexibility index (Phi) is 7.50. The van der Waals surface area contributed by atoms with Gasteiger partial charge in [-0.05, 0) is 77.1 Å². The van der Waals surface area contributed by atoms with Crippen LogP contribution in [0.25, 0.3) is 22.3 Å². The summed E-state index contributed by atoms with van der Waals surface area (Å²) in [5.74, 6) is 0.316. The number of nitrogens with zero attached hydrogens (tertiary/aromatic N) is 1. The summed E-state index contributed by atoms with van der Waals surface area (Å²) in [6.45, 7) is 5.02. The van der Waals surface area contributed by atoms with E-state index in [-0.39, 0.29) is 6.04 Å². The summed E-state index contributed by atoms with van der Waals surface area (Å²) in [6.07, 6.45) is 9.18. The number of fused-ring (bicyclic) bond motifs is 6. The molecule has 2 unspecified atom stereocenters. The normalized spacial score (nSPS) is 17.6. The Labute approximate surface area is 315 Å². The minimum absolute atomic E-state index is 0.249. The third kappa shape index (κ3) is 4.88. The highest BCUT2D eigenvalue weighted by molar-refractivity contribution is 7.20. The maximum absolute atomic E-state index is 2.84. The zero-order valence-corrected chi connectivity index (χ0v) is 32.2. The minimum Gasteiger partial charge on any atom is -0.333 e. The van der Waals surface area contributed by atoms with Crippen molar-refractivity contribution in [1.82, 2.24) is 0 Å². The smallest absolute Gasteiger partial charge is 0.179 e. The lowest BCUT2D eigenvalue weighted by Crippen LogP contribution is -2.74. The van der Waals surface area contributed by atoms with Crippen LogP contribution in [-0.4, -0.2) is 22.2 Å². The lowest BCUT2D eigenvalue weighted by Gasteiger charge is -2.35. The number of anilines is 2. The number of benzene rings is 7. The van der Waals surface area contributed by atoms with E-state index in [1.165, 1.54) is 59.9 Å². The molecule has 2 heterocycles. The van der Waals surface area contributed by atoms with E-state index in [4.69, 9.17) is 0 Å². The predicted molar refractivity (Wildman–Crippen MR) is 231 cm³/mol. The molecule has 2 aliphatic heterocycles. The molecule has 3 aliphatic rings. The Balaban J connectivity index is 1.20. The fourth-order valence-electron chi connectivity index (χ4n) is 9.65. The molecule has 10 rings (SSSR count). The molecule has 0 fully saturated rings. The van der Waals surface area contributed by atoms with Crippen LogP contribution >= 0.6 is 0 Å². The van der Waals surface area contributed by atoms with Gasteiger partial charge in [0.25, 0.3) is 0 Å². The second-order valence-corrected chi connectivity index (χ2v) is 23.4. The molecule has 0 bridgehead atoms. The van der Waals surface area contributed by atoms with Gasteiger partial charge >= 0.3 is 0 Å². The summed E-state index contributed by atoms with van der Waals surface area (Å²) in [5.41, 5.74) is 9.36. The molecule has 53 heavy (non-hydrogen) atoms. The van der Waals surface area contributed by atoms with Crippen LogP contribution in [0.15, 0.2) is 200 Å². The maximum atomic E-state index is 2.57. The van der Waals surface area contributed by atoms with Crippen molar-refractivity contribution in [2.45, 2.75) is 25.1 Å². The first kappa shape index (κ1) is 31.9. The monoisotopic (exact) mass is 711 g/mol. The molecular weight excluding hydrogens is 671 g/mol. The van der Waals surface area contributed by atoms with Crippen molar-refractivity contribution in [3.63, 3.8) is 0 Å². The van der Waals surface area contributed by atoms with E-state index >= 15 is 0 Å². The first-order chi connectivity index (χ1) is 26.0.